The third-order valence-electron chi connectivity index (χ3n) is 2.34. The molecule has 0 fully saturated rings. The number of rotatable bonds is 6. The number of hydrogen-bond donors (Lipinski definition) is 1. The highest BCUT2D eigenvalue weighted by atomic mass is 16.5. The topological polar surface area (TPSA) is 92.9 Å². The zero-order valence-corrected chi connectivity index (χ0v) is 10.5. The van der Waals surface area contributed by atoms with Crippen LogP contribution in [0.3, 0.4) is 0 Å². The SMILES string of the molecule is COCC(=O)N(CC(C)C(=O)O)c1cc(C)on1. The summed E-state index contributed by atoms with van der Waals surface area (Å²) in [5.41, 5.74) is 0. The minimum absolute atomic E-state index is 0.0174. The van der Waals surface area contributed by atoms with E-state index in [0.29, 0.717) is 11.6 Å². The van der Waals surface area contributed by atoms with Crippen molar-refractivity contribution in [1.29, 1.82) is 0 Å². The lowest BCUT2D eigenvalue weighted by molar-refractivity contribution is -0.140. The summed E-state index contributed by atoms with van der Waals surface area (Å²) >= 11 is 0. The number of amides is 1. The number of carbonyl (C=O) groups excluding carboxylic acids is 1. The average molecular weight is 256 g/mol. The summed E-state index contributed by atoms with van der Waals surface area (Å²) < 4.78 is 9.64. The maximum absolute atomic E-state index is 11.8. The molecule has 1 aromatic heterocycles. The van der Waals surface area contributed by atoms with E-state index in [1.54, 1.807) is 13.0 Å². The molecule has 1 heterocycles. The highest BCUT2D eigenvalue weighted by Gasteiger charge is 2.24. The molecule has 0 aliphatic rings. The van der Waals surface area contributed by atoms with Gasteiger partial charge in [0.25, 0.3) is 5.91 Å². The Kier molecular flexibility index (Phi) is 4.85. The molecule has 1 aromatic rings. The molecule has 1 rings (SSSR count). The van der Waals surface area contributed by atoms with E-state index in [0.717, 1.165) is 0 Å². The fourth-order valence-corrected chi connectivity index (χ4v) is 1.36. The molecule has 1 N–H and O–H groups in total. The van der Waals surface area contributed by atoms with Crippen LogP contribution < -0.4 is 4.90 Å². The Morgan fingerprint density at radius 1 is 1.61 bits per heavy atom. The van der Waals surface area contributed by atoms with Crippen molar-refractivity contribution in [1.82, 2.24) is 5.16 Å². The van der Waals surface area contributed by atoms with Crippen LogP contribution in [0, 0.1) is 12.8 Å². The maximum atomic E-state index is 11.8. The van der Waals surface area contributed by atoms with E-state index in [2.05, 4.69) is 5.16 Å². The van der Waals surface area contributed by atoms with Gasteiger partial charge in [0.15, 0.2) is 5.82 Å². The van der Waals surface area contributed by atoms with Gasteiger partial charge in [-0.2, -0.15) is 0 Å². The van der Waals surface area contributed by atoms with Crippen LogP contribution in [0.2, 0.25) is 0 Å². The Bertz CT molecular complexity index is 429. The maximum Gasteiger partial charge on any atom is 0.308 e. The quantitative estimate of drug-likeness (QED) is 0.804. The summed E-state index contributed by atoms with van der Waals surface area (Å²) in [6, 6.07) is 1.57. The number of aryl methyl sites for hydroxylation is 1. The monoisotopic (exact) mass is 256 g/mol. The van der Waals surface area contributed by atoms with Gasteiger partial charge in [0.1, 0.15) is 12.4 Å². The van der Waals surface area contributed by atoms with E-state index >= 15 is 0 Å². The number of anilines is 1. The first-order valence-corrected chi connectivity index (χ1v) is 5.41. The molecule has 0 spiro atoms. The molecule has 7 heteroatoms. The van der Waals surface area contributed by atoms with E-state index in [4.69, 9.17) is 14.4 Å². The standard InChI is InChI=1S/C11H16N2O5/c1-7(11(15)16)5-13(10(14)6-17-3)9-4-8(2)18-12-9/h4,7H,5-6H2,1-3H3,(H,15,16). The summed E-state index contributed by atoms with van der Waals surface area (Å²) in [5, 5.41) is 12.6. The number of hydrogen-bond acceptors (Lipinski definition) is 5. The Morgan fingerprint density at radius 2 is 2.28 bits per heavy atom. The summed E-state index contributed by atoms with van der Waals surface area (Å²) in [7, 11) is 1.39. The molecule has 100 valence electrons. The first-order chi connectivity index (χ1) is 8.45. The number of carboxylic acids is 1. The van der Waals surface area contributed by atoms with Crippen LogP contribution >= 0.6 is 0 Å². The van der Waals surface area contributed by atoms with Crippen molar-refractivity contribution in [3.8, 4) is 0 Å². The smallest absolute Gasteiger partial charge is 0.308 e. The first kappa shape index (κ1) is 14.2. The zero-order valence-electron chi connectivity index (χ0n) is 10.5. The van der Waals surface area contributed by atoms with Gasteiger partial charge >= 0.3 is 5.97 Å². The normalized spacial score (nSPS) is 12.2. The second-order valence-corrected chi connectivity index (χ2v) is 3.97. The average Bonchev–Trinajstić information content (AvgIpc) is 2.72. The van der Waals surface area contributed by atoms with Crippen molar-refractivity contribution >= 4 is 17.7 Å². The van der Waals surface area contributed by atoms with E-state index in [9.17, 15) is 9.59 Å². The van der Waals surface area contributed by atoms with Crippen LogP contribution in [0.1, 0.15) is 12.7 Å². The van der Waals surface area contributed by atoms with Crippen LogP contribution in [0.4, 0.5) is 5.82 Å². The minimum Gasteiger partial charge on any atom is -0.481 e. The highest BCUT2D eigenvalue weighted by molar-refractivity contribution is 5.94. The van der Waals surface area contributed by atoms with Gasteiger partial charge in [-0.25, -0.2) is 0 Å². The van der Waals surface area contributed by atoms with Crippen LogP contribution in [0.15, 0.2) is 10.6 Å². The number of ether oxygens (including phenoxy) is 1. The lowest BCUT2D eigenvalue weighted by Gasteiger charge is -2.21. The van der Waals surface area contributed by atoms with Gasteiger partial charge in [-0.1, -0.05) is 12.1 Å². The van der Waals surface area contributed by atoms with E-state index in [1.807, 2.05) is 0 Å². The van der Waals surface area contributed by atoms with Crippen LogP contribution in [-0.4, -0.2) is 42.4 Å². The molecule has 0 aliphatic carbocycles. The van der Waals surface area contributed by atoms with E-state index < -0.39 is 11.9 Å². The number of carboxylic acid groups (broad SMARTS) is 1. The predicted molar refractivity (Wildman–Crippen MR) is 62.3 cm³/mol. The second kappa shape index (κ2) is 6.15. The van der Waals surface area contributed by atoms with Crippen LogP contribution in [-0.2, 0) is 14.3 Å². The van der Waals surface area contributed by atoms with Crippen molar-refractivity contribution < 1.29 is 24.0 Å². The van der Waals surface area contributed by atoms with Gasteiger partial charge in [-0.15, -0.1) is 0 Å². The van der Waals surface area contributed by atoms with Crippen LogP contribution in [0.5, 0.6) is 0 Å². The lowest BCUT2D eigenvalue weighted by Crippen LogP contribution is -2.39. The number of carbonyl (C=O) groups is 2. The third-order valence-corrected chi connectivity index (χ3v) is 2.34. The number of aliphatic carboxylic acids is 1. The Hall–Kier alpha value is -1.89. The van der Waals surface area contributed by atoms with Crippen molar-refractivity contribution in [2.24, 2.45) is 5.92 Å². The van der Waals surface area contributed by atoms with Gasteiger partial charge in [0.05, 0.1) is 5.92 Å². The molecule has 0 saturated heterocycles. The minimum atomic E-state index is -0.981. The molecule has 1 amide bonds. The summed E-state index contributed by atoms with van der Waals surface area (Å²) in [6.07, 6.45) is 0. The third kappa shape index (κ3) is 3.56. The van der Waals surface area contributed by atoms with Crippen molar-refractivity contribution in [2.75, 3.05) is 25.2 Å². The lowest BCUT2D eigenvalue weighted by atomic mass is 10.1. The number of nitrogens with zero attached hydrogens (tertiary/aromatic N) is 2. The molecule has 7 nitrogen and oxygen atoms in total. The van der Waals surface area contributed by atoms with Gasteiger partial charge in [-0.3, -0.25) is 14.5 Å². The van der Waals surface area contributed by atoms with Crippen molar-refractivity contribution in [2.45, 2.75) is 13.8 Å². The molecule has 0 radical (unpaired) electrons. The van der Waals surface area contributed by atoms with Crippen molar-refractivity contribution in [3.05, 3.63) is 11.8 Å². The van der Waals surface area contributed by atoms with Gasteiger partial charge in [0.2, 0.25) is 0 Å². The molecular weight excluding hydrogens is 240 g/mol. The number of methoxy groups -OCH3 is 1. The van der Waals surface area contributed by atoms with Gasteiger partial charge in [-0.05, 0) is 6.92 Å². The van der Waals surface area contributed by atoms with E-state index in [1.165, 1.54) is 18.9 Å². The summed E-state index contributed by atoms with van der Waals surface area (Å²) in [4.78, 5) is 23.9. The fraction of sp³-hybridized carbons (Fsp3) is 0.545. The molecule has 0 aromatic carbocycles. The van der Waals surface area contributed by atoms with E-state index in [-0.39, 0.29) is 19.1 Å². The van der Waals surface area contributed by atoms with Crippen LogP contribution in [0.25, 0.3) is 0 Å². The highest BCUT2D eigenvalue weighted by Crippen LogP contribution is 2.16. The second-order valence-electron chi connectivity index (χ2n) is 3.97. The van der Waals surface area contributed by atoms with Gasteiger partial charge in [0, 0.05) is 19.7 Å². The predicted octanol–water partition coefficient (Wildman–Crippen LogP) is 0.683. The Balaban J connectivity index is 2.88. The molecule has 0 aliphatic heterocycles. The molecule has 18 heavy (non-hydrogen) atoms. The molecule has 0 saturated carbocycles. The summed E-state index contributed by atoms with van der Waals surface area (Å²) in [6.45, 7) is 3.08. The zero-order chi connectivity index (χ0) is 13.7. The molecule has 0 bridgehead atoms. The molecular formula is C11H16N2O5. The van der Waals surface area contributed by atoms with Crippen molar-refractivity contribution in [3.63, 3.8) is 0 Å². The number of aromatic nitrogens is 1. The largest absolute Gasteiger partial charge is 0.481 e. The molecule has 1 atom stereocenters. The van der Waals surface area contributed by atoms with Gasteiger partial charge < -0.3 is 14.4 Å². The summed E-state index contributed by atoms with van der Waals surface area (Å²) in [5.74, 6) is -1.21. The Labute approximate surface area is 104 Å². The molecule has 1 unspecified atom stereocenters. The fourth-order valence-electron chi connectivity index (χ4n) is 1.36. The Morgan fingerprint density at radius 3 is 2.72 bits per heavy atom. The first-order valence-electron chi connectivity index (χ1n) is 5.41.